The van der Waals surface area contributed by atoms with E-state index >= 15 is 0 Å². The van der Waals surface area contributed by atoms with Crippen molar-refractivity contribution in [1.82, 2.24) is 20.4 Å². The number of allylic oxidation sites excluding steroid dienone is 1. The van der Waals surface area contributed by atoms with Crippen molar-refractivity contribution in [2.75, 3.05) is 12.4 Å². The maximum absolute atomic E-state index is 13.5. The van der Waals surface area contributed by atoms with Gasteiger partial charge in [0, 0.05) is 34.5 Å². The number of methoxy groups -OCH3 is 1. The first-order valence-corrected chi connectivity index (χ1v) is 8.98. The highest BCUT2D eigenvalue weighted by Crippen LogP contribution is 2.48. The van der Waals surface area contributed by atoms with Crippen LogP contribution in [0.2, 0.25) is 0 Å². The van der Waals surface area contributed by atoms with E-state index in [0.717, 1.165) is 34.0 Å². The molecule has 1 atom stereocenters. The lowest BCUT2D eigenvalue weighted by Gasteiger charge is -2.32. The fourth-order valence-corrected chi connectivity index (χ4v) is 4.00. The normalized spacial score (nSPS) is 17.0. The summed E-state index contributed by atoms with van der Waals surface area (Å²) < 4.78 is 45.8. The molecule has 2 aromatic heterocycles. The van der Waals surface area contributed by atoms with Gasteiger partial charge in [-0.05, 0) is 24.5 Å². The third-order valence-electron chi connectivity index (χ3n) is 5.19. The monoisotopic (exact) mass is 391 g/mol. The van der Waals surface area contributed by atoms with Crippen molar-refractivity contribution in [2.45, 2.75) is 38.9 Å². The Labute approximate surface area is 159 Å². The SMILES string of the molecule is CCCC1=C(C)c2c(cc(OC)c3[nH]ncc23)NC1c1c[nH]nc1C(F)(F)F. The summed E-state index contributed by atoms with van der Waals surface area (Å²) in [6.07, 6.45) is -0.0254. The van der Waals surface area contributed by atoms with Gasteiger partial charge in [-0.3, -0.25) is 10.2 Å². The third-order valence-corrected chi connectivity index (χ3v) is 5.19. The summed E-state index contributed by atoms with van der Waals surface area (Å²) in [4.78, 5) is 0. The van der Waals surface area contributed by atoms with Crippen LogP contribution in [-0.2, 0) is 6.18 Å². The molecule has 1 aromatic carbocycles. The number of nitrogens with zero attached hydrogens (tertiary/aromatic N) is 2. The van der Waals surface area contributed by atoms with Crippen molar-refractivity contribution >= 4 is 22.2 Å². The molecule has 0 bridgehead atoms. The predicted molar refractivity (Wildman–Crippen MR) is 100 cm³/mol. The average molecular weight is 391 g/mol. The number of rotatable bonds is 4. The van der Waals surface area contributed by atoms with E-state index in [-0.39, 0.29) is 5.56 Å². The van der Waals surface area contributed by atoms with Gasteiger partial charge in [0.25, 0.3) is 0 Å². The second-order valence-corrected chi connectivity index (χ2v) is 6.82. The van der Waals surface area contributed by atoms with Crippen molar-refractivity contribution in [2.24, 2.45) is 0 Å². The van der Waals surface area contributed by atoms with Crippen molar-refractivity contribution in [3.63, 3.8) is 0 Å². The molecule has 4 rings (SSSR count). The Hall–Kier alpha value is -2.97. The molecule has 1 aliphatic heterocycles. The highest BCUT2D eigenvalue weighted by molar-refractivity contribution is 6.02. The van der Waals surface area contributed by atoms with E-state index in [1.54, 1.807) is 19.4 Å². The summed E-state index contributed by atoms with van der Waals surface area (Å²) in [5, 5.41) is 17.1. The van der Waals surface area contributed by atoms with Crippen LogP contribution in [0, 0.1) is 0 Å². The fourth-order valence-electron chi connectivity index (χ4n) is 4.00. The number of aromatic amines is 2. The first-order chi connectivity index (χ1) is 13.4. The number of ether oxygens (including phenoxy) is 1. The second-order valence-electron chi connectivity index (χ2n) is 6.82. The molecular weight excluding hydrogens is 371 g/mol. The predicted octanol–water partition coefficient (Wildman–Crippen LogP) is 5.05. The largest absolute Gasteiger partial charge is 0.494 e. The number of halogens is 3. The molecule has 1 unspecified atom stereocenters. The zero-order chi connectivity index (χ0) is 20.1. The molecular formula is C19H20F3N5O. The van der Waals surface area contributed by atoms with Crippen LogP contribution in [0.3, 0.4) is 0 Å². The van der Waals surface area contributed by atoms with E-state index in [1.165, 1.54) is 6.20 Å². The lowest BCUT2D eigenvalue weighted by atomic mass is 9.83. The number of alkyl halides is 3. The van der Waals surface area contributed by atoms with Gasteiger partial charge in [0.2, 0.25) is 0 Å². The Morgan fingerprint density at radius 2 is 2.07 bits per heavy atom. The molecule has 0 fully saturated rings. The molecule has 28 heavy (non-hydrogen) atoms. The summed E-state index contributed by atoms with van der Waals surface area (Å²) in [5.41, 5.74) is 3.46. The molecule has 0 saturated carbocycles. The van der Waals surface area contributed by atoms with Gasteiger partial charge in [-0.25, -0.2) is 0 Å². The van der Waals surface area contributed by atoms with Gasteiger partial charge in [-0.2, -0.15) is 23.4 Å². The molecule has 0 radical (unpaired) electrons. The maximum Gasteiger partial charge on any atom is 0.435 e. The zero-order valence-corrected chi connectivity index (χ0v) is 15.7. The number of hydrogen-bond acceptors (Lipinski definition) is 4. The molecule has 9 heteroatoms. The topological polar surface area (TPSA) is 78.6 Å². The number of fused-ring (bicyclic) bond motifs is 3. The molecule has 3 N–H and O–H groups in total. The minimum Gasteiger partial charge on any atom is -0.494 e. The Morgan fingerprint density at radius 3 is 2.75 bits per heavy atom. The van der Waals surface area contributed by atoms with Crippen LogP contribution < -0.4 is 10.1 Å². The van der Waals surface area contributed by atoms with Crippen LogP contribution in [0.15, 0.2) is 24.0 Å². The molecule has 148 valence electrons. The molecule has 0 amide bonds. The Balaban J connectivity index is 1.95. The lowest BCUT2D eigenvalue weighted by Crippen LogP contribution is -2.22. The minimum absolute atomic E-state index is 0.0900. The smallest absolute Gasteiger partial charge is 0.435 e. The van der Waals surface area contributed by atoms with E-state index in [0.29, 0.717) is 17.9 Å². The molecule has 6 nitrogen and oxygen atoms in total. The Morgan fingerprint density at radius 1 is 1.29 bits per heavy atom. The number of anilines is 1. The van der Waals surface area contributed by atoms with Gasteiger partial charge in [-0.1, -0.05) is 13.3 Å². The first-order valence-electron chi connectivity index (χ1n) is 8.98. The van der Waals surface area contributed by atoms with E-state index in [4.69, 9.17) is 4.74 Å². The summed E-state index contributed by atoms with van der Waals surface area (Å²) >= 11 is 0. The number of hydrogen-bond donors (Lipinski definition) is 3. The van der Waals surface area contributed by atoms with Crippen LogP contribution in [0.4, 0.5) is 18.9 Å². The summed E-state index contributed by atoms with van der Waals surface area (Å²) in [6, 6.07) is 1.17. The molecule has 1 aliphatic rings. The average Bonchev–Trinajstić information content (AvgIpc) is 3.31. The minimum atomic E-state index is -4.53. The van der Waals surface area contributed by atoms with E-state index in [9.17, 15) is 13.2 Å². The summed E-state index contributed by atoms with van der Waals surface area (Å²) in [6.45, 7) is 3.96. The second kappa shape index (κ2) is 6.57. The van der Waals surface area contributed by atoms with Gasteiger partial charge in [0.05, 0.1) is 19.3 Å². The van der Waals surface area contributed by atoms with E-state index < -0.39 is 17.9 Å². The lowest BCUT2D eigenvalue weighted by molar-refractivity contribution is -0.141. The fraction of sp³-hybridized carbons (Fsp3) is 0.368. The summed E-state index contributed by atoms with van der Waals surface area (Å²) in [5.74, 6) is 0.576. The number of nitrogens with one attached hydrogen (secondary N) is 3. The Bertz CT molecular complexity index is 1060. The molecule has 0 saturated heterocycles. The van der Waals surface area contributed by atoms with Crippen LogP contribution in [0.1, 0.15) is 49.6 Å². The molecule has 0 aliphatic carbocycles. The third kappa shape index (κ3) is 2.73. The first kappa shape index (κ1) is 18.4. The summed E-state index contributed by atoms with van der Waals surface area (Å²) in [7, 11) is 1.55. The molecule has 0 spiro atoms. The molecule has 3 heterocycles. The van der Waals surface area contributed by atoms with Gasteiger partial charge in [0.15, 0.2) is 5.69 Å². The number of H-pyrrole nitrogens is 2. The Kier molecular flexibility index (Phi) is 4.32. The van der Waals surface area contributed by atoms with Gasteiger partial charge in [0.1, 0.15) is 11.3 Å². The van der Waals surface area contributed by atoms with Gasteiger partial charge < -0.3 is 10.1 Å². The van der Waals surface area contributed by atoms with Gasteiger partial charge in [-0.15, -0.1) is 0 Å². The zero-order valence-electron chi connectivity index (χ0n) is 15.7. The van der Waals surface area contributed by atoms with Crippen LogP contribution >= 0.6 is 0 Å². The van der Waals surface area contributed by atoms with E-state index in [2.05, 4.69) is 25.7 Å². The van der Waals surface area contributed by atoms with Crippen molar-refractivity contribution < 1.29 is 17.9 Å². The van der Waals surface area contributed by atoms with Crippen LogP contribution in [-0.4, -0.2) is 27.5 Å². The van der Waals surface area contributed by atoms with E-state index in [1.807, 2.05) is 13.8 Å². The highest BCUT2D eigenvalue weighted by Gasteiger charge is 2.40. The standard InChI is InChI=1S/C19H20F3N5O/c1-4-5-10-9(2)15-11-7-23-26-17(11)14(28-3)6-13(15)25-16(10)12-8-24-27-18(12)19(20,21)22/h6-8,16,25H,4-5H2,1-3H3,(H,23,26)(H,24,27). The number of benzene rings is 1. The molecule has 3 aromatic rings. The number of aromatic nitrogens is 4. The van der Waals surface area contributed by atoms with Gasteiger partial charge >= 0.3 is 6.18 Å². The van der Waals surface area contributed by atoms with Crippen LogP contribution in [0.25, 0.3) is 16.5 Å². The maximum atomic E-state index is 13.5. The van der Waals surface area contributed by atoms with Crippen molar-refractivity contribution in [1.29, 1.82) is 0 Å². The highest BCUT2D eigenvalue weighted by atomic mass is 19.4. The van der Waals surface area contributed by atoms with Crippen molar-refractivity contribution in [3.05, 3.63) is 40.9 Å². The van der Waals surface area contributed by atoms with Crippen molar-refractivity contribution in [3.8, 4) is 5.75 Å². The quantitative estimate of drug-likeness (QED) is 0.581. The van der Waals surface area contributed by atoms with Crippen LogP contribution in [0.5, 0.6) is 5.75 Å².